The summed E-state index contributed by atoms with van der Waals surface area (Å²) in [5, 5.41) is 0. The molecule has 0 atom stereocenters. The number of nitrogens with two attached hydrogens (primary N) is 1. The van der Waals surface area contributed by atoms with Crippen molar-refractivity contribution in [3.63, 3.8) is 0 Å². The van der Waals surface area contributed by atoms with Gasteiger partial charge in [-0.05, 0) is 17.5 Å². The predicted molar refractivity (Wildman–Crippen MR) is 78.2 cm³/mol. The number of rotatable bonds is 10. The molecule has 0 unspecified atom stereocenters. The third kappa shape index (κ3) is 6.16. The molecule has 0 saturated heterocycles. The minimum atomic E-state index is 0.603. The van der Waals surface area contributed by atoms with Gasteiger partial charge < -0.3 is 15.2 Å². The summed E-state index contributed by atoms with van der Waals surface area (Å²) in [6.07, 6.45) is 1.01. The normalized spacial score (nSPS) is 11.2. The molecular formula is C15H26N2O2. The maximum atomic E-state index is 5.76. The highest BCUT2D eigenvalue weighted by molar-refractivity contribution is 5.27. The molecular weight excluding hydrogens is 240 g/mol. The first-order valence-corrected chi connectivity index (χ1v) is 6.79. The van der Waals surface area contributed by atoms with Gasteiger partial charge in [0.15, 0.2) is 0 Å². The largest absolute Gasteiger partial charge is 0.383 e. The molecule has 1 rings (SSSR count). The van der Waals surface area contributed by atoms with Crippen molar-refractivity contribution in [1.82, 2.24) is 4.90 Å². The summed E-state index contributed by atoms with van der Waals surface area (Å²) in [4.78, 5) is 2.36. The van der Waals surface area contributed by atoms with Crippen molar-refractivity contribution in [2.75, 3.05) is 47.1 Å². The van der Waals surface area contributed by atoms with Crippen molar-refractivity contribution >= 4 is 0 Å². The summed E-state index contributed by atoms with van der Waals surface area (Å²) in [7, 11) is 3.47. The average Bonchev–Trinajstić information content (AvgIpc) is 2.46. The quantitative estimate of drug-likeness (QED) is 0.693. The number of hydrogen-bond donors (Lipinski definition) is 1. The number of methoxy groups -OCH3 is 2. The van der Waals surface area contributed by atoms with Crippen LogP contribution in [0.3, 0.4) is 0 Å². The first kappa shape index (κ1) is 16.1. The van der Waals surface area contributed by atoms with Gasteiger partial charge in [-0.25, -0.2) is 0 Å². The molecule has 4 heteroatoms. The molecule has 0 aliphatic heterocycles. The van der Waals surface area contributed by atoms with E-state index in [-0.39, 0.29) is 0 Å². The van der Waals surface area contributed by atoms with Crippen LogP contribution in [0, 0.1) is 0 Å². The van der Waals surface area contributed by atoms with E-state index in [9.17, 15) is 0 Å². The van der Waals surface area contributed by atoms with Gasteiger partial charge in [-0.2, -0.15) is 0 Å². The highest BCUT2D eigenvalue weighted by atomic mass is 16.5. The van der Waals surface area contributed by atoms with Gasteiger partial charge in [0, 0.05) is 40.4 Å². The second kappa shape index (κ2) is 9.92. The second-order valence-electron chi connectivity index (χ2n) is 4.55. The van der Waals surface area contributed by atoms with Crippen molar-refractivity contribution in [3.8, 4) is 0 Å². The monoisotopic (exact) mass is 266 g/mol. The Hall–Kier alpha value is -0.940. The lowest BCUT2D eigenvalue weighted by Crippen LogP contribution is -2.32. The van der Waals surface area contributed by atoms with E-state index >= 15 is 0 Å². The minimum Gasteiger partial charge on any atom is -0.383 e. The summed E-state index contributed by atoms with van der Waals surface area (Å²) >= 11 is 0. The maximum Gasteiger partial charge on any atom is 0.0589 e. The van der Waals surface area contributed by atoms with Gasteiger partial charge >= 0.3 is 0 Å². The van der Waals surface area contributed by atoms with E-state index < -0.39 is 0 Å². The first-order valence-electron chi connectivity index (χ1n) is 6.79. The molecule has 0 bridgehead atoms. The van der Waals surface area contributed by atoms with Crippen LogP contribution in [0.4, 0.5) is 0 Å². The molecule has 0 aliphatic rings. The number of benzene rings is 1. The van der Waals surface area contributed by atoms with E-state index in [0.717, 1.165) is 39.3 Å². The fourth-order valence-corrected chi connectivity index (χ4v) is 2.06. The molecule has 1 aromatic rings. The standard InChI is InChI=1S/C15H26N2O2/c1-18-11-9-17(10-12-19-2)8-7-14-5-3-4-6-15(14)13-16/h3-6H,7-13,16H2,1-2H3. The third-order valence-electron chi connectivity index (χ3n) is 3.26. The van der Waals surface area contributed by atoms with Crippen molar-refractivity contribution < 1.29 is 9.47 Å². The molecule has 108 valence electrons. The van der Waals surface area contributed by atoms with Crippen LogP contribution >= 0.6 is 0 Å². The van der Waals surface area contributed by atoms with Crippen LogP contribution in [0.5, 0.6) is 0 Å². The molecule has 0 spiro atoms. The Morgan fingerprint density at radius 2 is 1.53 bits per heavy atom. The molecule has 0 aromatic heterocycles. The van der Waals surface area contributed by atoms with Crippen LogP contribution in [-0.4, -0.2) is 52.0 Å². The molecule has 0 aliphatic carbocycles. The molecule has 2 N–H and O–H groups in total. The molecule has 0 amide bonds. The van der Waals surface area contributed by atoms with E-state index in [0.29, 0.717) is 6.54 Å². The Labute approximate surface area is 116 Å². The fourth-order valence-electron chi connectivity index (χ4n) is 2.06. The third-order valence-corrected chi connectivity index (χ3v) is 3.26. The molecule has 0 saturated carbocycles. The predicted octanol–water partition coefficient (Wildman–Crippen LogP) is 1.28. The Kier molecular flexibility index (Phi) is 8.41. The second-order valence-corrected chi connectivity index (χ2v) is 4.55. The zero-order valence-corrected chi connectivity index (χ0v) is 12.1. The van der Waals surface area contributed by atoms with Crippen molar-refractivity contribution in [2.45, 2.75) is 13.0 Å². The van der Waals surface area contributed by atoms with Crippen LogP contribution in [0.1, 0.15) is 11.1 Å². The molecule has 4 nitrogen and oxygen atoms in total. The highest BCUT2D eigenvalue weighted by Gasteiger charge is 2.06. The van der Waals surface area contributed by atoms with Crippen LogP contribution in [0.2, 0.25) is 0 Å². The highest BCUT2D eigenvalue weighted by Crippen LogP contribution is 2.09. The SMILES string of the molecule is COCCN(CCOC)CCc1ccccc1CN. The Morgan fingerprint density at radius 3 is 2.05 bits per heavy atom. The summed E-state index contributed by atoms with van der Waals surface area (Å²) in [5.74, 6) is 0. The average molecular weight is 266 g/mol. The fraction of sp³-hybridized carbons (Fsp3) is 0.600. The van der Waals surface area contributed by atoms with Crippen LogP contribution < -0.4 is 5.73 Å². The van der Waals surface area contributed by atoms with Gasteiger partial charge in [-0.1, -0.05) is 24.3 Å². The van der Waals surface area contributed by atoms with E-state index in [2.05, 4.69) is 23.1 Å². The van der Waals surface area contributed by atoms with Crippen molar-refractivity contribution in [2.24, 2.45) is 5.73 Å². The lowest BCUT2D eigenvalue weighted by Gasteiger charge is -2.22. The maximum absolute atomic E-state index is 5.76. The van der Waals surface area contributed by atoms with Crippen molar-refractivity contribution in [3.05, 3.63) is 35.4 Å². The topological polar surface area (TPSA) is 47.7 Å². The van der Waals surface area contributed by atoms with Crippen LogP contribution in [-0.2, 0) is 22.4 Å². The molecule has 0 fully saturated rings. The number of nitrogens with zero attached hydrogens (tertiary/aromatic N) is 1. The Bertz CT molecular complexity index is 337. The Morgan fingerprint density at radius 1 is 0.947 bits per heavy atom. The minimum absolute atomic E-state index is 0.603. The van der Waals surface area contributed by atoms with E-state index in [1.165, 1.54) is 11.1 Å². The molecule has 1 aromatic carbocycles. The van der Waals surface area contributed by atoms with E-state index in [4.69, 9.17) is 15.2 Å². The zero-order chi connectivity index (χ0) is 13.9. The van der Waals surface area contributed by atoms with Gasteiger partial charge in [-0.15, -0.1) is 0 Å². The first-order chi connectivity index (χ1) is 9.31. The zero-order valence-electron chi connectivity index (χ0n) is 12.1. The van der Waals surface area contributed by atoms with E-state index in [1.54, 1.807) is 14.2 Å². The molecule has 19 heavy (non-hydrogen) atoms. The lowest BCUT2D eigenvalue weighted by molar-refractivity contribution is 0.115. The van der Waals surface area contributed by atoms with Crippen LogP contribution in [0.15, 0.2) is 24.3 Å². The van der Waals surface area contributed by atoms with E-state index in [1.807, 2.05) is 6.07 Å². The summed E-state index contributed by atoms with van der Waals surface area (Å²) in [6, 6.07) is 8.37. The Balaban J connectivity index is 2.49. The van der Waals surface area contributed by atoms with Crippen molar-refractivity contribution in [1.29, 1.82) is 0 Å². The molecule has 0 heterocycles. The number of ether oxygens (including phenoxy) is 2. The smallest absolute Gasteiger partial charge is 0.0589 e. The van der Waals surface area contributed by atoms with Gasteiger partial charge in [0.05, 0.1) is 13.2 Å². The summed E-state index contributed by atoms with van der Waals surface area (Å²) in [6.45, 7) is 4.98. The van der Waals surface area contributed by atoms with Gasteiger partial charge in [0.1, 0.15) is 0 Å². The van der Waals surface area contributed by atoms with Gasteiger partial charge in [0.25, 0.3) is 0 Å². The van der Waals surface area contributed by atoms with Gasteiger partial charge in [0.2, 0.25) is 0 Å². The molecule has 0 radical (unpaired) electrons. The van der Waals surface area contributed by atoms with Crippen LogP contribution in [0.25, 0.3) is 0 Å². The van der Waals surface area contributed by atoms with Gasteiger partial charge in [-0.3, -0.25) is 4.90 Å². The summed E-state index contributed by atoms with van der Waals surface area (Å²) < 4.78 is 10.3. The lowest BCUT2D eigenvalue weighted by atomic mass is 10.0. The summed E-state index contributed by atoms with van der Waals surface area (Å²) in [5.41, 5.74) is 8.34. The number of hydrogen-bond acceptors (Lipinski definition) is 4.